The number of aromatic nitrogens is 1. The van der Waals surface area contributed by atoms with Crippen LogP contribution in [-0.4, -0.2) is 58.9 Å². The number of urea groups is 1. The van der Waals surface area contributed by atoms with E-state index in [0.29, 0.717) is 37.4 Å². The van der Waals surface area contributed by atoms with Crippen LogP contribution in [0.2, 0.25) is 0 Å². The molecule has 2 amide bonds. The number of fused-ring (bicyclic) bond motifs is 4. The van der Waals surface area contributed by atoms with Crippen molar-refractivity contribution in [3.8, 4) is 5.75 Å². The molecule has 1 aromatic heterocycles. The Morgan fingerprint density at radius 2 is 1.82 bits per heavy atom. The molecule has 4 aromatic rings. The quantitative estimate of drug-likeness (QED) is 0.388. The van der Waals surface area contributed by atoms with E-state index in [9.17, 15) is 18.7 Å². The minimum Gasteiger partial charge on any atom is -0.497 e. The second kappa shape index (κ2) is 9.66. The Kier molecular flexibility index (Phi) is 6.28. The van der Waals surface area contributed by atoms with Crippen LogP contribution in [0.5, 0.6) is 5.75 Å². The zero-order chi connectivity index (χ0) is 27.3. The van der Waals surface area contributed by atoms with E-state index in [1.807, 2.05) is 35.9 Å². The van der Waals surface area contributed by atoms with Crippen LogP contribution in [0.15, 0.2) is 66.7 Å². The maximum atomic E-state index is 14.4. The molecule has 0 aliphatic carbocycles. The molecular weight excluding hydrogens is 502 g/mol. The van der Waals surface area contributed by atoms with Gasteiger partial charge in [-0.3, -0.25) is 4.90 Å². The Labute approximate surface area is 225 Å². The van der Waals surface area contributed by atoms with Gasteiger partial charge in [-0.15, -0.1) is 0 Å². The van der Waals surface area contributed by atoms with E-state index < -0.39 is 17.3 Å². The lowest BCUT2D eigenvalue weighted by Crippen LogP contribution is -2.67. The third-order valence-corrected chi connectivity index (χ3v) is 8.08. The van der Waals surface area contributed by atoms with Crippen molar-refractivity contribution in [1.82, 2.24) is 14.4 Å². The number of aliphatic hydroxyl groups is 1. The van der Waals surface area contributed by atoms with Crippen molar-refractivity contribution in [2.45, 2.75) is 18.0 Å². The highest BCUT2D eigenvalue weighted by atomic mass is 19.1. The molecule has 2 N–H and O–H groups in total. The first-order valence-corrected chi connectivity index (χ1v) is 12.9. The zero-order valence-electron chi connectivity index (χ0n) is 21.8. The number of hydrogen-bond acceptors (Lipinski definition) is 4. The van der Waals surface area contributed by atoms with E-state index in [1.54, 1.807) is 24.1 Å². The number of amides is 2. The second-order valence-electron chi connectivity index (χ2n) is 10.5. The van der Waals surface area contributed by atoms with Crippen molar-refractivity contribution in [3.05, 3.63) is 95.2 Å². The van der Waals surface area contributed by atoms with Crippen molar-refractivity contribution < 1.29 is 23.4 Å². The maximum Gasteiger partial charge on any atom is 0.322 e. The van der Waals surface area contributed by atoms with E-state index in [1.165, 1.54) is 30.3 Å². The molecule has 1 spiro atoms. The highest BCUT2D eigenvalue weighted by Crippen LogP contribution is 2.50. The molecule has 3 heterocycles. The maximum absolute atomic E-state index is 14.4. The molecule has 0 radical (unpaired) electrons. The highest BCUT2D eigenvalue weighted by Gasteiger charge is 2.54. The molecule has 9 heteroatoms. The number of likely N-dealkylation sites (tertiary alicyclic amines) is 1. The van der Waals surface area contributed by atoms with Crippen molar-refractivity contribution in [2.24, 2.45) is 7.05 Å². The Balaban J connectivity index is 1.40. The molecule has 1 fully saturated rings. The molecule has 202 valence electrons. The largest absolute Gasteiger partial charge is 0.497 e. The zero-order valence-corrected chi connectivity index (χ0v) is 21.8. The summed E-state index contributed by atoms with van der Waals surface area (Å²) in [5.74, 6) is 0.0922. The lowest BCUT2D eigenvalue weighted by molar-refractivity contribution is 0.00714. The van der Waals surface area contributed by atoms with Gasteiger partial charge in [-0.1, -0.05) is 18.2 Å². The average Bonchev–Trinajstić information content (AvgIpc) is 3.22. The lowest BCUT2D eigenvalue weighted by Gasteiger charge is -2.56. The number of hydrogen-bond donors (Lipinski definition) is 2. The van der Waals surface area contributed by atoms with Crippen LogP contribution in [-0.2, 0) is 19.0 Å². The summed E-state index contributed by atoms with van der Waals surface area (Å²) in [4.78, 5) is 17.5. The van der Waals surface area contributed by atoms with Crippen LogP contribution < -0.4 is 10.1 Å². The number of rotatable bonds is 5. The minimum atomic E-state index is -0.588. The van der Waals surface area contributed by atoms with Crippen LogP contribution in [0, 0.1) is 11.6 Å². The number of methoxy groups -OCH3 is 1. The van der Waals surface area contributed by atoms with Gasteiger partial charge in [-0.2, -0.15) is 0 Å². The third kappa shape index (κ3) is 4.22. The monoisotopic (exact) mass is 532 g/mol. The van der Waals surface area contributed by atoms with E-state index in [4.69, 9.17) is 4.74 Å². The number of benzene rings is 3. The van der Waals surface area contributed by atoms with E-state index in [-0.39, 0.29) is 18.5 Å². The van der Waals surface area contributed by atoms with E-state index in [2.05, 4.69) is 10.2 Å². The fraction of sp³-hybridized carbons (Fsp3) is 0.300. The SMILES string of the molecule is COc1ccc2c3c(n(C)c2c1)[C@H](CO)N(C(=O)Nc1ccc(F)cc1)CC31CN(Cc2ccccc2F)C1. The molecule has 39 heavy (non-hydrogen) atoms. The molecule has 6 rings (SSSR count). The number of nitrogens with one attached hydrogen (secondary N) is 1. The van der Waals surface area contributed by atoms with Gasteiger partial charge in [0.25, 0.3) is 0 Å². The van der Waals surface area contributed by atoms with Gasteiger partial charge in [-0.25, -0.2) is 13.6 Å². The predicted octanol–water partition coefficient (Wildman–Crippen LogP) is 4.80. The van der Waals surface area contributed by atoms with Crippen molar-refractivity contribution in [1.29, 1.82) is 0 Å². The predicted molar refractivity (Wildman–Crippen MR) is 145 cm³/mol. The molecule has 0 saturated carbocycles. The van der Waals surface area contributed by atoms with Crippen molar-refractivity contribution in [3.63, 3.8) is 0 Å². The fourth-order valence-corrected chi connectivity index (χ4v) is 6.35. The minimum absolute atomic E-state index is 0.235. The van der Waals surface area contributed by atoms with Crippen molar-refractivity contribution >= 4 is 22.6 Å². The third-order valence-electron chi connectivity index (χ3n) is 8.08. The number of aryl methyl sites for hydroxylation is 1. The molecule has 0 unspecified atom stereocenters. The first-order chi connectivity index (χ1) is 18.8. The van der Waals surface area contributed by atoms with Crippen LogP contribution in [0.4, 0.5) is 19.3 Å². The lowest BCUT2D eigenvalue weighted by atomic mass is 9.68. The van der Waals surface area contributed by atoms with Crippen LogP contribution >= 0.6 is 0 Å². The number of ether oxygens (including phenoxy) is 1. The Morgan fingerprint density at radius 3 is 2.51 bits per heavy atom. The molecule has 1 atom stereocenters. The van der Waals surface area contributed by atoms with E-state index >= 15 is 0 Å². The molecule has 7 nitrogen and oxygen atoms in total. The van der Waals surface area contributed by atoms with Crippen LogP contribution in [0.1, 0.15) is 22.9 Å². The Hall–Kier alpha value is -3.95. The number of aliphatic hydroxyl groups excluding tert-OH is 1. The van der Waals surface area contributed by atoms with E-state index in [0.717, 1.165) is 27.9 Å². The van der Waals surface area contributed by atoms with Gasteiger partial charge in [0.05, 0.1) is 25.3 Å². The topological polar surface area (TPSA) is 70.0 Å². The summed E-state index contributed by atoms with van der Waals surface area (Å²) in [6.07, 6.45) is 0. The van der Waals surface area contributed by atoms with Gasteiger partial charge in [0.2, 0.25) is 0 Å². The molecule has 3 aromatic carbocycles. The molecule has 1 saturated heterocycles. The highest BCUT2D eigenvalue weighted by molar-refractivity contribution is 5.92. The number of nitrogens with zero attached hydrogens (tertiary/aromatic N) is 3. The van der Waals surface area contributed by atoms with Gasteiger partial charge in [0, 0.05) is 67.0 Å². The number of anilines is 1. The first-order valence-electron chi connectivity index (χ1n) is 12.9. The standard InChI is InChI=1S/C30H30F2N4O3/c1-34-25-13-22(39-2)11-12-23(25)27-28(34)26(15-37)36(29(38)33-21-9-7-20(31)8-10-21)18-30(27)16-35(17-30)14-19-5-3-4-6-24(19)32/h3-13,26,37H,14-18H2,1-2H3,(H,33,38)/t26-/m0/s1. The summed E-state index contributed by atoms with van der Waals surface area (Å²) in [6.45, 7) is 1.82. The van der Waals surface area contributed by atoms with Gasteiger partial charge in [0.1, 0.15) is 17.4 Å². The number of carbonyl (C=O) groups excluding carboxylic acids is 1. The van der Waals surface area contributed by atoms with Crippen LogP contribution in [0.3, 0.4) is 0 Å². The summed E-state index contributed by atoms with van der Waals surface area (Å²) >= 11 is 0. The normalized spacial score (nSPS) is 18.2. The molecule has 0 bridgehead atoms. The summed E-state index contributed by atoms with van der Waals surface area (Å²) in [7, 11) is 3.56. The van der Waals surface area contributed by atoms with Gasteiger partial charge in [0.15, 0.2) is 0 Å². The molecular formula is C30H30F2N4O3. The summed E-state index contributed by atoms with van der Waals surface area (Å²) in [5.41, 5.74) is 3.61. The smallest absolute Gasteiger partial charge is 0.322 e. The average molecular weight is 533 g/mol. The van der Waals surface area contributed by atoms with Crippen molar-refractivity contribution in [2.75, 3.05) is 38.7 Å². The van der Waals surface area contributed by atoms with Gasteiger partial charge < -0.3 is 24.6 Å². The fourth-order valence-electron chi connectivity index (χ4n) is 6.35. The summed E-state index contributed by atoms with van der Waals surface area (Å²) in [5, 5.41) is 14.5. The number of halogens is 2. The molecule has 2 aliphatic heterocycles. The molecule has 2 aliphatic rings. The Bertz CT molecular complexity index is 1550. The summed E-state index contributed by atoms with van der Waals surface area (Å²) < 4.78 is 35.4. The van der Waals surface area contributed by atoms with Crippen LogP contribution in [0.25, 0.3) is 10.9 Å². The first kappa shape index (κ1) is 25.3. The second-order valence-corrected chi connectivity index (χ2v) is 10.5. The van der Waals surface area contributed by atoms with Gasteiger partial charge in [-0.05, 0) is 48.0 Å². The summed E-state index contributed by atoms with van der Waals surface area (Å²) in [6, 6.07) is 17.3. The van der Waals surface area contributed by atoms with Gasteiger partial charge >= 0.3 is 6.03 Å². The number of carbonyl (C=O) groups is 1. The Morgan fingerprint density at radius 1 is 1.08 bits per heavy atom.